The van der Waals surface area contributed by atoms with E-state index in [0.29, 0.717) is 35.5 Å². The fourth-order valence-corrected chi connectivity index (χ4v) is 3.79. The highest BCUT2D eigenvalue weighted by atomic mass is 127. The molecule has 0 fully saturated rings. The van der Waals surface area contributed by atoms with Gasteiger partial charge in [0.2, 0.25) is 0 Å². The minimum absolute atomic E-state index is 0.142. The summed E-state index contributed by atoms with van der Waals surface area (Å²) in [5, 5.41) is 0.675. The number of hydrogen-bond acceptors (Lipinski definition) is 6. The number of rotatable bonds is 7. The molecule has 31 heavy (non-hydrogen) atoms. The van der Waals surface area contributed by atoms with E-state index < -0.39 is 5.97 Å². The second-order valence-corrected chi connectivity index (χ2v) is 8.09. The Bertz CT molecular complexity index is 1150. The lowest BCUT2D eigenvalue weighted by Crippen LogP contribution is -2.04. The molecule has 0 N–H and O–H groups in total. The van der Waals surface area contributed by atoms with Crippen LogP contribution in [0.3, 0.4) is 0 Å². The molecule has 1 aliphatic heterocycles. The lowest BCUT2D eigenvalue weighted by molar-refractivity contribution is -0.130. The van der Waals surface area contributed by atoms with Gasteiger partial charge in [0, 0.05) is 5.02 Å². The standard InChI is InChI=1S/C23H17ClINO5/c1-2-28-20-12-15(11-18-23(27)31-22(26-18)19-4-3-9-29-19)10-17(25)21(20)30-13-14-5-7-16(24)8-6-14/h3-12H,2,13H2,1H3/b18-11-. The predicted molar refractivity (Wildman–Crippen MR) is 125 cm³/mol. The topological polar surface area (TPSA) is 70.3 Å². The molecule has 6 nitrogen and oxygen atoms in total. The summed E-state index contributed by atoms with van der Waals surface area (Å²) in [7, 11) is 0. The first-order chi connectivity index (χ1) is 15.0. The normalized spacial score (nSPS) is 14.5. The summed E-state index contributed by atoms with van der Waals surface area (Å²) in [5.41, 5.74) is 1.91. The summed E-state index contributed by atoms with van der Waals surface area (Å²) in [6.07, 6.45) is 3.14. The Hall–Kier alpha value is -2.78. The minimum atomic E-state index is -0.539. The van der Waals surface area contributed by atoms with Gasteiger partial charge in [-0.25, -0.2) is 9.79 Å². The number of aliphatic imine (C=N–C) groups is 1. The van der Waals surface area contributed by atoms with E-state index in [1.165, 1.54) is 6.26 Å². The van der Waals surface area contributed by atoms with Crippen molar-refractivity contribution >= 4 is 52.1 Å². The van der Waals surface area contributed by atoms with Crippen LogP contribution in [0.15, 0.2) is 69.9 Å². The van der Waals surface area contributed by atoms with Crippen molar-refractivity contribution in [2.24, 2.45) is 4.99 Å². The van der Waals surface area contributed by atoms with Crippen LogP contribution in [0.1, 0.15) is 23.8 Å². The van der Waals surface area contributed by atoms with Crippen LogP contribution in [-0.2, 0) is 16.1 Å². The van der Waals surface area contributed by atoms with Crippen molar-refractivity contribution in [2.45, 2.75) is 13.5 Å². The molecule has 0 atom stereocenters. The second kappa shape index (κ2) is 9.57. The molecule has 0 radical (unpaired) electrons. The molecule has 2 aromatic carbocycles. The zero-order chi connectivity index (χ0) is 21.8. The highest BCUT2D eigenvalue weighted by molar-refractivity contribution is 14.1. The maximum absolute atomic E-state index is 12.2. The number of benzene rings is 2. The first-order valence-electron chi connectivity index (χ1n) is 9.43. The van der Waals surface area contributed by atoms with Crippen LogP contribution in [0.25, 0.3) is 6.08 Å². The third-order valence-electron chi connectivity index (χ3n) is 4.28. The lowest BCUT2D eigenvalue weighted by atomic mass is 10.1. The van der Waals surface area contributed by atoms with Gasteiger partial charge < -0.3 is 18.6 Å². The van der Waals surface area contributed by atoms with Crippen molar-refractivity contribution in [1.82, 2.24) is 0 Å². The average molecular weight is 550 g/mol. The summed E-state index contributed by atoms with van der Waals surface area (Å²) in [4.78, 5) is 16.5. The van der Waals surface area contributed by atoms with E-state index in [9.17, 15) is 4.79 Å². The Morgan fingerprint density at radius 1 is 1.16 bits per heavy atom. The number of nitrogens with zero attached hydrogens (tertiary/aromatic N) is 1. The van der Waals surface area contributed by atoms with E-state index in [4.69, 9.17) is 30.2 Å². The Morgan fingerprint density at radius 2 is 1.97 bits per heavy atom. The molecule has 3 aromatic rings. The molecule has 0 unspecified atom stereocenters. The number of ether oxygens (including phenoxy) is 3. The fourth-order valence-electron chi connectivity index (χ4n) is 2.88. The molecule has 0 spiro atoms. The Balaban J connectivity index is 1.60. The average Bonchev–Trinajstić information content (AvgIpc) is 3.39. The van der Waals surface area contributed by atoms with Gasteiger partial charge in [0.1, 0.15) is 6.61 Å². The Labute approximate surface area is 197 Å². The zero-order valence-electron chi connectivity index (χ0n) is 16.4. The molecule has 0 saturated heterocycles. The Morgan fingerprint density at radius 3 is 2.68 bits per heavy atom. The summed E-state index contributed by atoms with van der Waals surface area (Å²) >= 11 is 8.12. The molecular formula is C23H17ClINO5. The fraction of sp³-hybridized carbons (Fsp3) is 0.130. The molecule has 158 valence electrons. The van der Waals surface area contributed by atoms with E-state index in [-0.39, 0.29) is 11.6 Å². The van der Waals surface area contributed by atoms with Gasteiger partial charge in [-0.05, 0) is 83.1 Å². The molecule has 0 amide bonds. The van der Waals surface area contributed by atoms with Crippen LogP contribution < -0.4 is 9.47 Å². The van der Waals surface area contributed by atoms with Gasteiger partial charge in [-0.1, -0.05) is 23.7 Å². The van der Waals surface area contributed by atoms with Crippen molar-refractivity contribution in [3.8, 4) is 11.5 Å². The van der Waals surface area contributed by atoms with Crippen LogP contribution in [0.5, 0.6) is 11.5 Å². The van der Waals surface area contributed by atoms with E-state index in [2.05, 4.69) is 27.6 Å². The van der Waals surface area contributed by atoms with Gasteiger partial charge >= 0.3 is 5.97 Å². The molecule has 0 bridgehead atoms. The molecule has 8 heteroatoms. The Kier molecular flexibility index (Phi) is 6.62. The first-order valence-corrected chi connectivity index (χ1v) is 10.9. The molecule has 0 saturated carbocycles. The van der Waals surface area contributed by atoms with Gasteiger partial charge in [-0.3, -0.25) is 0 Å². The summed E-state index contributed by atoms with van der Waals surface area (Å²) in [6.45, 7) is 2.74. The van der Waals surface area contributed by atoms with Crippen LogP contribution in [0.4, 0.5) is 0 Å². The van der Waals surface area contributed by atoms with Crippen LogP contribution >= 0.6 is 34.2 Å². The van der Waals surface area contributed by atoms with Crippen molar-refractivity contribution in [3.63, 3.8) is 0 Å². The number of esters is 1. The SMILES string of the molecule is CCOc1cc(/C=C2\N=C(c3ccco3)OC2=O)cc(I)c1OCc1ccc(Cl)cc1. The lowest BCUT2D eigenvalue weighted by Gasteiger charge is -2.15. The highest BCUT2D eigenvalue weighted by Crippen LogP contribution is 2.36. The maximum atomic E-state index is 12.2. The number of carbonyl (C=O) groups excluding carboxylic acids is 1. The monoisotopic (exact) mass is 549 g/mol. The summed E-state index contributed by atoms with van der Waals surface area (Å²) in [5.74, 6) is 1.21. The highest BCUT2D eigenvalue weighted by Gasteiger charge is 2.26. The molecule has 0 aliphatic carbocycles. The molecule has 4 rings (SSSR count). The van der Waals surface area contributed by atoms with E-state index >= 15 is 0 Å². The molecule has 1 aromatic heterocycles. The van der Waals surface area contributed by atoms with Crippen LogP contribution in [0, 0.1) is 3.57 Å². The molecule has 1 aliphatic rings. The van der Waals surface area contributed by atoms with E-state index in [1.54, 1.807) is 18.2 Å². The molecule has 2 heterocycles. The number of carbonyl (C=O) groups is 1. The largest absolute Gasteiger partial charge is 0.490 e. The van der Waals surface area contributed by atoms with Gasteiger partial charge in [0.05, 0.1) is 16.4 Å². The van der Waals surface area contributed by atoms with Gasteiger partial charge in [-0.15, -0.1) is 0 Å². The van der Waals surface area contributed by atoms with E-state index in [0.717, 1.165) is 14.7 Å². The van der Waals surface area contributed by atoms with Crippen LogP contribution in [0.2, 0.25) is 5.02 Å². The maximum Gasteiger partial charge on any atom is 0.363 e. The van der Waals surface area contributed by atoms with E-state index in [1.807, 2.05) is 43.3 Å². The van der Waals surface area contributed by atoms with Crippen LogP contribution in [-0.4, -0.2) is 18.5 Å². The van der Waals surface area contributed by atoms with Gasteiger partial charge in [-0.2, -0.15) is 0 Å². The van der Waals surface area contributed by atoms with Crippen molar-refractivity contribution in [1.29, 1.82) is 0 Å². The van der Waals surface area contributed by atoms with Crippen molar-refractivity contribution in [2.75, 3.05) is 6.61 Å². The summed E-state index contributed by atoms with van der Waals surface area (Å²) < 4.78 is 23.1. The number of furan rings is 1. The first kappa shape index (κ1) is 21.5. The van der Waals surface area contributed by atoms with Gasteiger partial charge in [0.25, 0.3) is 5.90 Å². The quantitative estimate of drug-likeness (QED) is 0.210. The minimum Gasteiger partial charge on any atom is -0.490 e. The van der Waals surface area contributed by atoms with Crippen molar-refractivity contribution in [3.05, 3.63) is 86.0 Å². The predicted octanol–water partition coefficient (Wildman–Crippen LogP) is 5.86. The smallest absolute Gasteiger partial charge is 0.363 e. The van der Waals surface area contributed by atoms with Crippen molar-refractivity contribution < 1.29 is 23.4 Å². The number of cyclic esters (lactones) is 1. The third kappa shape index (κ3) is 5.11. The zero-order valence-corrected chi connectivity index (χ0v) is 19.3. The number of halogens is 2. The van der Waals surface area contributed by atoms with Gasteiger partial charge in [0.15, 0.2) is 23.0 Å². The summed E-state index contributed by atoms with van der Waals surface area (Å²) in [6, 6.07) is 14.5. The second-order valence-electron chi connectivity index (χ2n) is 6.49. The molecular weight excluding hydrogens is 533 g/mol. The third-order valence-corrected chi connectivity index (χ3v) is 5.34. The number of hydrogen-bond donors (Lipinski definition) is 0.